The van der Waals surface area contributed by atoms with Gasteiger partial charge < -0.3 is 10.2 Å². The van der Waals surface area contributed by atoms with E-state index < -0.39 is 5.91 Å². The van der Waals surface area contributed by atoms with Crippen molar-refractivity contribution in [2.24, 2.45) is 5.73 Å². The van der Waals surface area contributed by atoms with Crippen molar-refractivity contribution >= 4 is 5.91 Å². The van der Waals surface area contributed by atoms with Crippen molar-refractivity contribution in [3.8, 4) is 11.5 Å². The lowest BCUT2D eigenvalue weighted by Gasteiger charge is -1.98. The topological polar surface area (TPSA) is 69.1 Å². The van der Waals surface area contributed by atoms with Crippen molar-refractivity contribution in [3.63, 3.8) is 0 Å². The molecule has 1 amide bonds. The van der Waals surface area contributed by atoms with E-state index in [-0.39, 0.29) is 5.69 Å². The van der Waals surface area contributed by atoms with Gasteiger partial charge in [-0.05, 0) is 25.5 Å². The molecule has 82 valence electrons. The number of carbonyl (C=O) groups excluding carboxylic acids is 1. The number of hydrogen-bond donors (Lipinski definition) is 1. The first-order chi connectivity index (χ1) is 7.59. The van der Waals surface area contributed by atoms with Gasteiger partial charge in [-0.2, -0.15) is 0 Å². The Morgan fingerprint density at radius 3 is 2.56 bits per heavy atom. The molecule has 0 saturated heterocycles. The number of nitrogens with zero attached hydrogens (tertiary/aromatic N) is 1. The number of oxazole rings is 1. The van der Waals surface area contributed by atoms with E-state index in [1.54, 1.807) is 6.92 Å². The highest BCUT2D eigenvalue weighted by atomic mass is 16.4. The van der Waals surface area contributed by atoms with Crippen LogP contribution in [0, 0.1) is 13.8 Å². The number of aromatic nitrogens is 1. The molecular formula is C12H12N2O2. The second kappa shape index (κ2) is 3.81. The average molecular weight is 216 g/mol. The monoisotopic (exact) mass is 216 g/mol. The van der Waals surface area contributed by atoms with Crippen molar-refractivity contribution < 1.29 is 9.21 Å². The van der Waals surface area contributed by atoms with Gasteiger partial charge in [-0.15, -0.1) is 0 Å². The summed E-state index contributed by atoms with van der Waals surface area (Å²) >= 11 is 0. The van der Waals surface area contributed by atoms with Gasteiger partial charge in [0.1, 0.15) is 5.76 Å². The number of rotatable bonds is 2. The highest BCUT2D eigenvalue weighted by Crippen LogP contribution is 2.24. The number of hydrogen-bond acceptors (Lipinski definition) is 3. The number of primary amides is 1. The minimum absolute atomic E-state index is 0.193. The molecule has 0 aliphatic carbocycles. The molecule has 0 unspecified atom stereocenters. The zero-order chi connectivity index (χ0) is 11.7. The molecule has 0 bridgehead atoms. The van der Waals surface area contributed by atoms with E-state index in [0.29, 0.717) is 11.7 Å². The van der Waals surface area contributed by atoms with E-state index in [0.717, 1.165) is 11.1 Å². The van der Waals surface area contributed by atoms with E-state index in [1.807, 2.05) is 31.2 Å². The van der Waals surface area contributed by atoms with Crippen LogP contribution in [0.1, 0.15) is 21.8 Å². The van der Waals surface area contributed by atoms with Crippen molar-refractivity contribution in [3.05, 3.63) is 41.3 Å². The fourth-order valence-corrected chi connectivity index (χ4v) is 1.55. The van der Waals surface area contributed by atoms with Crippen LogP contribution in [0.15, 0.2) is 28.7 Å². The van der Waals surface area contributed by atoms with Gasteiger partial charge in [-0.1, -0.05) is 18.2 Å². The van der Waals surface area contributed by atoms with Crippen LogP contribution in [0.25, 0.3) is 11.5 Å². The zero-order valence-electron chi connectivity index (χ0n) is 9.15. The predicted molar refractivity (Wildman–Crippen MR) is 59.9 cm³/mol. The standard InChI is InChI=1S/C12H12N2O2/c1-7-5-3-4-6-9(7)12-14-10(11(13)15)8(2)16-12/h3-6H,1-2H3,(H2,13,15). The second-order valence-corrected chi connectivity index (χ2v) is 3.60. The Bertz CT molecular complexity index is 544. The maximum absolute atomic E-state index is 11.1. The van der Waals surface area contributed by atoms with Gasteiger partial charge in [0, 0.05) is 5.56 Å². The molecule has 16 heavy (non-hydrogen) atoms. The van der Waals surface area contributed by atoms with Crippen molar-refractivity contribution in [1.29, 1.82) is 0 Å². The van der Waals surface area contributed by atoms with Crippen molar-refractivity contribution in [1.82, 2.24) is 4.98 Å². The Balaban J connectivity index is 2.54. The summed E-state index contributed by atoms with van der Waals surface area (Å²) in [4.78, 5) is 15.2. The van der Waals surface area contributed by atoms with Crippen molar-refractivity contribution in [2.75, 3.05) is 0 Å². The third-order valence-electron chi connectivity index (χ3n) is 2.41. The number of carbonyl (C=O) groups is 1. The van der Waals surface area contributed by atoms with Crippen LogP contribution >= 0.6 is 0 Å². The summed E-state index contributed by atoms with van der Waals surface area (Å²) in [5.74, 6) is 0.316. The summed E-state index contributed by atoms with van der Waals surface area (Å²) in [5, 5.41) is 0. The van der Waals surface area contributed by atoms with E-state index in [2.05, 4.69) is 4.98 Å². The number of benzene rings is 1. The Hall–Kier alpha value is -2.10. The van der Waals surface area contributed by atoms with Gasteiger partial charge in [0.25, 0.3) is 5.91 Å². The van der Waals surface area contributed by atoms with Crippen LogP contribution < -0.4 is 5.73 Å². The summed E-state index contributed by atoms with van der Waals surface area (Å²) in [6.07, 6.45) is 0. The Morgan fingerprint density at radius 2 is 2.00 bits per heavy atom. The molecule has 0 atom stereocenters. The second-order valence-electron chi connectivity index (χ2n) is 3.60. The Labute approximate surface area is 93.1 Å². The molecule has 0 aliphatic heterocycles. The summed E-state index contributed by atoms with van der Waals surface area (Å²) in [6, 6.07) is 7.68. The molecule has 2 aromatic rings. The molecule has 2 rings (SSSR count). The quantitative estimate of drug-likeness (QED) is 0.835. The average Bonchev–Trinajstić information content (AvgIpc) is 2.61. The first kappa shape index (κ1) is 10.4. The number of nitrogens with two attached hydrogens (primary N) is 1. The summed E-state index contributed by atoms with van der Waals surface area (Å²) in [7, 11) is 0. The van der Waals surface area contributed by atoms with E-state index in [9.17, 15) is 4.79 Å². The van der Waals surface area contributed by atoms with E-state index in [1.165, 1.54) is 0 Å². The third-order valence-corrected chi connectivity index (χ3v) is 2.41. The van der Waals surface area contributed by atoms with Crippen LogP contribution in [0.3, 0.4) is 0 Å². The van der Waals surface area contributed by atoms with Gasteiger partial charge >= 0.3 is 0 Å². The lowest BCUT2D eigenvalue weighted by molar-refractivity contribution is 0.0995. The first-order valence-corrected chi connectivity index (χ1v) is 4.93. The van der Waals surface area contributed by atoms with E-state index in [4.69, 9.17) is 10.2 Å². The zero-order valence-corrected chi connectivity index (χ0v) is 9.15. The maximum Gasteiger partial charge on any atom is 0.270 e. The Morgan fingerprint density at radius 1 is 1.31 bits per heavy atom. The lowest BCUT2D eigenvalue weighted by atomic mass is 10.1. The van der Waals surface area contributed by atoms with E-state index >= 15 is 0 Å². The normalized spacial score (nSPS) is 10.4. The molecule has 0 spiro atoms. The molecule has 2 N–H and O–H groups in total. The fraction of sp³-hybridized carbons (Fsp3) is 0.167. The SMILES string of the molecule is Cc1ccccc1-c1nc(C(N)=O)c(C)o1. The number of amides is 1. The summed E-state index contributed by atoms with van der Waals surface area (Å²) in [5.41, 5.74) is 7.29. The van der Waals surface area contributed by atoms with Crippen LogP contribution in [0.5, 0.6) is 0 Å². The minimum atomic E-state index is -0.568. The van der Waals surface area contributed by atoms with Gasteiger partial charge in [0.15, 0.2) is 5.69 Å². The molecule has 0 fully saturated rings. The Kier molecular flexibility index (Phi) is 2.48. The molecule has 4 nitrogen and oxygen atoms in total. The van der Waals surface area contributed by atoms with Gasteiger partial charge in [0.2, 0.25) is 5.89 Å². The summed E-state index contributed by atoms with van der Waals surface area (Å²) < 4.78 is 5.43. The van der Waals surface area contributed by atoms with Crippen LogP contribution in [-0.4, -0.2) is 10.9 Å². The molecule has 1 aromatic carbocycles. The molecule has 0 aliphatic rings. The fourth-order valence-electron chi connectivity index (χ4n) is 1.55. The van der Waals surface area contributed by atoms with Gasteiger partial charge in [-0.3, -0.25) is 4.79 Å². The molecular weight excluding hydrogens is 204 g/mol. The highest BCUT2D eigenvalue weighted by Gasteiger charge is 2.16. The largest absolute Gasteiger partial charge is 0.441 e. The first-order valence-electron chi connectivity index (χ1n) is 4.93. The molecule has 0 radical (unpaired) electrons. The lowest BCUT2D eigenvalue weighted by Crippen LogP contribution is -2.12. The van der Waals surface area contributed by atoms with Crippen molar-refractivity contribution in [2.45, 2.75) is 13.8 Å². The summed E-state index contributed by atoms with van der Waals surface area (Å²) in [6.45, 7) is 3.63. The van der Waals surface area contributed by atoms with Crippen LogP contribution in [0.2, 0.25) is 0 Å². The molecule has 1 heterocycles. The molecule has 0 saturated carbocycles. The van der Waals surface area contributed by atoms with Gasteiger partial charge in [-0.25, -0.2) is 4.98 Å². The number of aryl methyl sites for hydroxylation is 2. The molecule has 4 heteroatoms. The minimum Gasteiger partial charge on any atom is -0.441 e. The van der Waals surface area contributed by atoms with Gasteiger partial charge in [0.05, 0.1) is 0 Å². The third kappa shape index (κ3) is 1.69. The molecule has 1 aromatic heterocycles. The van der Waals surface area contributed by atoms with Crippen LogP contribution in [-0.2, 0) is 0 Å². The predicted octanol–water partition coefficient (Wildman–Crippen LogP) is 2.06. The maximum atomic E-state index is 11.1. The highest BCUT2D eigenvalue weighted by molar-refractivity contribution is 5.92. The smallest absolute Gasteiger partial charge is 0.270 e. The van der Waals surface area contributed by atoms with Crippen LogP contribution in [0.4, 0.5) is 0 Å².